The van der Waals surface area contributed by atoms with Gasteiger partial charge >= 0.3 is 5.97 Å². The van der Waals surface area contributed by atoms with Gasteiger partial charge in [0.2, 0.25) is 5.76 Å². The number of rotatable bonds is 7. The lowest BCUT2D eigenvalue weighted by molar-refractivity contribution is 0.00513. The molecule has 1 aliphatic rings. The number of likely N-dealkylation sites (tertiary alicyclic amines) is 1. The van der Waals surface area contributed by atoms with E-state index >= 15 is 0 Å². The Kier molecular flexibility index (Phi) is 5.32. The molecule has 1 aromatic carbocycles. The molecule has 0 saturated carbocycles. The van der Waals surface area contributed by atoms with Gasteiger partial charge in [-0.25, -0.2) is 4.79 Å². The van der Waals surface area contributed by atoms with E-state index in [4.69, 9.17) is 13.9 Å². The molecule has 5 heteroatoms. The van der Waals surface area contributed by atoms with Crippen molar-refractivity contribution < 1.29 is 18.7 Å². The summed E-state index contributed by atoms with van der Waals surface area (Å²) in [6.45, 7) is 3.09. The zero-order valence-corrected chi connectivity index (χ0v) is 13.0. The summed E-state index contributed by atoms with van der Waals surface area (Å²) < 4.78 is 16.4. The predicted octanol–water partition coefficient (Wildman–Crippen LogP) is 2.98. The first-order valence-corrected chi connectivity index (χ1v) is 7.96. The van der Waals surface area contributed by atoms with Crippen LogP contribution in [0.15, 0.2) is 53.1 Å². The van der Waals surface area contributed by atoms with E-state index in [9.17, 15) is 4.79 Å². The minimum atomic E-state index is -0.448. The average molecular weight is 315 g/mol. The van der Waals surface area contributed by atoms with Gasteiger partial charge in [-0.15, -0.1) is 0 Å². The summed E-state index contributed by atoms with van der Waals surface area (Å²) in [5.41, 5.74) is 0. The Bertz CT molecular complexity index is 591. The van der Waals surface area contributed by atoms with Crippen molar-refractivity contribution >= 4 is 5.97 Å². The van der Waals surface area contributed by atoms with Gasteiger partial charge in [-0.2, -0.15) is 0 Å². The molecule has 1 fully saturated rings. The molecule has 3 rings (SSSR count). The average Bonchev–Trinajstić information content (AvgIpc) is 3.27. The van der Waals surface area contributed by atoms with Gasteiger partial charge in [0, 0.05) is 6.54 Å². The van der Waals surface area contributed by atoms with E-state index in [1.165, 1.54) is 19.1 Å². The zero-order valence-electron chi connectivity index (χ0n) is 13.0. The number of carbonyl (C=O) groups is 1. The molecule has 2 aromatic rings. The van der Waals surface area contributed by atoms with E-state index < -0.39 is 5.97 Å². The third kappa shape index (κ3) is 4.60. The van der Waals surface area contributed by atoms with Crippen LogP contribution in [-0.2, 0) is 4.74 Å². The second-order valence-electron chi connectivity index (χ2n) is 5.64. The Balaban J connectivity index is 1.59. The Hall–Kier alpha value is -2.27. The molecule has 5 nitrogen and oxygen atoms in total. The molecule has 2 heterocycles. The highest BCUT2D eigenvalue weighted by atomic mass is 16.6. The van der Waals surface area contributed by atoms with Crippen LogP contribution in [0.1, 0.15) is 23.4 Å². The smallest absolute Gasteiger partial charge is 0.374 e. The van der Waals surface area contributed by atoms with E-state index in [0.717, 1.165) is 18.8 Å². The lowest BCUT2D eigenvalue weighted by Gasteiger charge is -2.23. The van der Waals surface area contributed by atoms with Crippen LogP contribution in [0.25, 0.3) is 0 Å². The van der Waals surface area contributed by atoms with Crippen LogP contribution in [0.5, 0.6) is 5.75 Å². The van der Waals surface area contributed by atoms with Crippen molar-refractivity contribution in [2.75, 3.05) is 26.2 Å². The van der Waals surface area contributed by atoms with Gasteiger partial charge in [0.1, 0.15) is 18.5 Å². The molecule has 0 bridgehead atoms. The van der Waals surface area contributed by atoms with Crippen LogP contribution in [0.2, 0.25) is 0 Å². The van der Waals surface area contributed by atoms with Crippen molar-refractivity contribution in [3.8, 4) is 5.75 Å². The largest absolute Gasteiger partial charge is 0.490 e. The van der Waals surface area contributed by atoms with Crippen LogP contribution < -0.4 is 4.74 Å². The van der Waals surface area contributed by atoms with Gasteiger partial charge in [0.05, 0.1) is 6.26 Å². The first-order chi connectivity index (χ1) is 11.3. The monoisotopic (exact) mass is 315 g/mol. The van der Waals surface area contributed by atoms with Gasteiger partial charge in [0.25, 0.3) is 0 Å². The highest BCUT2D eigenvalue weighted by molar-refractivity contribution is 5.86. The van der Waals surface area contributed by atoms with Crippen LogP contribution in [0.4, 0.5) is 0 Å². The van der Waals surface area contributed by atoms with E-state index in [1.807, 2.05) is 30.3 Å². The van der Waals surface area contributed by atoms with E-state index in [1.54, 1.807) is 12.1 Å². The van der Waals surface area contributed by atoms with E-state index in [2.05, 4.69) is 4.90 Å². The van der Waals surface area contributed by atoms with Gasteiger partial charge in [-0.05, 0) is 50.2 Å². The van der Waals surface area contributed by atoms with E-state index in [-0.39, 0.29) is 11.9 Å². The van der Waals surface area contributed by atoms with Crippen molar-refractivity contribution in [3.05, 3.63) is 54.5 Å². The maximum absolute atomic E-state index is 12.1. The van der Waals surface area contributed by atoms with E-state index in [0.29, 0.717) is 13.2 Å². The molecular weight excluding hydrogens is 294 g/mol. The first kappa shape index (κ1) is 15.6. The number of hydrogen-bond donors (Lipinski definition) is 0. The molecular formula is C18H21NO4. The molecule has 23 heavy (non-hydrogen) atoms. The van der Waals surface area contributed by atoms with Gasteiger partial charge in [-0.3, -0.25) is 4.90 Å². The normalized spacial score (nSPS) is 16.2. The molecule has 0 N–H and O–H groups in total. The second kappa shape index (κ2) is 7.83. The quantitative estimate of drug-likeness (QED) is 0.735. The molecule has 1 aliphatic heterocycles. The molecule has 1 aromatic heterocycles. The molecule has 1 saturated heterocycles. The molecule has 0 spiro atoms. The van der Waals surface area contributed by atoms with Gasteiger partial charge < -0.3 is 13.9 Å². The Morgan fingerprint density at radius 1 is 1.13 bits per heavy atom. The Morgan fingerprint density at radius 2 is 1.91 bits per heavy atom. The number of para-hydroxylation sites is 1. The maximum Gasteiger partial charge on any atom is 0.374 e. The Morgan fingerprint density at radius 3 is 2.61 bits per heavy atom. The summed E-state index contributed by atoms with van der Waals surface area (Å²) in [5.74, 6) is 0.542. The summed E-state index contributed by atoms with van der Waals surface area (Å²) >= 11 is 0. The fourth-order valence-corrected chi connectivity index (χ4v) is 2.69. The van der Waals surface area contributed by atoms with Crippen LogP contribution >= 0.6 is 0 Å². The minimum absolute atomic E-state index is 0.219. The third-order valence-corrected chi connectivity index (χ3v) is 3.84. The lowest BCUT2D eigenvalue weighted by atomic mass is 10.3. The fraction of sp³-hybridized carbons (Fsp3) is 0.389. The van der Waals surface area contributed by atoms with Gasteiger partial charge in [0.15, 0.2) is 0 Å². The number of nitrogens with zero attached hydrogens (tertiary/aromatic N) is 1. The SMILES string of the molecule is O=C(O[C@H](COc1ccccc1)CN1CCCC1)c1ccco1. The minimum Gasteiger partial charge on any atom is -0.490 e. The number of carbonyl (C=O) groups excluding carboxylic acids is 1. The molecule has 0 amide bonds. The van der Waals surface area contributed by atoms with Crippen molar-refractivity contribution in [1.82, 2.24) is 4.90 Å². The highest BCUT2D eigenvalue weighted by Gasteiger charge is 2.23. The highest BCUT2D eigenvalue weighted by Crippen LogP contribution is 2.14. The number of furan rings is 1. The van der Waals surface area contributed by atoms with Crippen LogP contribution in [-0.4, -0.2) is 43.2 Å². The summed E-state index contributed by atoms with van der Waals surface area (Å²) in [4.78, 5) is 14.4. The lowest BCUT2D eigenvalue weighted by Crippen LogP contribution is -2.37. The topological polar surface area (TPSA) is 51.9 Å². The summed E-state index contributed by atoms with van der Waals surface area (Å²) in [6, 6.07) is 12.8. The summed E-state index contributed by atoms with van der Waals surface area (Å²) in [6.07, 6.45) is 3.52. The predicted molar refractivity (Wildman–Crippen MR) is 85.5 cm³/mol. The number of ether oxygens (including phenoxy) is 2. The molecule has 0 unspecified atom stereocenters. The molecule has 0 radical (unpaired) electrons. The molecule has 122 valence electrons. The molecule has 1 atom stereocenters. The second-order valence-corrected chi connectivity index (χ2v) is 5.64. The first-order valence-electron chi connectivity index (χ1n) is 7.96. The molecule has 0 aliphatic carbocycles. The van der Waals surface area contributed by atoms with Crippen LogP contribution in [0, 0.1) is 0 Å². The Labute approximate surface area is 135 Å². The maximum atomic E-state index is 12.1. The van der Waals surface area contributed by atoms with Crippen molar-refractivity contribution in [2.45, 2.75) is 18.9 Å². The fourth-order valence-electron chi connectivity index (χ4n) is 2.69. The summed E-state index contributed by atoms with van der Waals surface area (Å²) in [7, 11) is 0. The number of esters is 1. The zero-order chi connectivity index (χ0) is 15.9. The standard InChI is InChI=1S/C18H21NO4/c20-18(17-9-6-12-21-17)23-16(13-19-10-4-5-11-19)14-22-15-7-2-1-3-8-15/h1-3,6-9,12,16H,4-5,10-11,13-14H2/t16-/m0/s1. The summed E-state index contributed by atoms with van der Waals surface area (Å²) in [5, 5.41) is 0. The van der Waals surface area contributed by atoms with Gasteiger partial charge in [-0.1, -0.05) is 18.2 Å². The number of hydrogen-bond acceptors (Lipinski definition) is 5. The van der Waals surface area contributed by atoms with Crippen LogP contribution in [0.3, 0.4) is 0 Å². The van der Waals surface area contributed by atoms with Crippen molar-refractivity contribution in [2.24, 2.45) is 0 Å². The van der Waals surface area contributed by atoms with Crippen molar-refractivity contribution in [1.29, 1.82) is 0 Å². The third-order valence-electron chi connectivity index (χ3n) is 3.84. The van der Waals surface area contributed by atoms with Crippen molar-refractivity contribution in [3.63, 3.8) is 0 Å². The number of benzene rings is 1.